The zero-order valence-corrected chi connectivity index (χ0v) is 20.0. The molecule has 1 rings (SSSR count). The molecule has 10 heteroatoms. The first-order chi connectivity index (χ1) is 11.1. The molecule has 0 aromatic heterocycles. The largest absolute Gasteiger partial charge is 0.413 e. The van der Waals surface area contributed by atoms with E-state index in [0.717, 1.165) is 11.8 Å². The standard InChI is InChI=1S/C14H30O5SSi4/c1-8-21(4)16-22(5,9-2)18-24(7,14-13-20-12-11-15)19-23(6,10-3)17-21/h8-10,15H,1-3,11-14H2,4-7H3. The lowest BCUT2D eigenvalue weighted by atomic mass is 10.9. The van der Waals surface area contributed by atoms with E-state index < -0.39 is 34.2 Å². The Labute approximate surface area is 154 Å². The molecule has 0 aromatic rings. The molecular formula is C14H30O5SSi4. The van der Waals surface area contributed by atoms with Gasteiger partial charge in [0.25, 0.3) is 0 Å². The number of rotatable bonds is 8. The fraction of sp³-hybridized carbons (Fsp3) is 0.571. The highest BCUT2D eigenvalue weighted by molar-refractivity contribution is 7.99. The van der Waals surface area contributed by atoms with Gasteiger partial charge in [-0.15, -0.1) is 19.7 Å². The molecule has 1 fully saturated rings. The van der Waals surface area contributed by atoms with Crippen LogP contribution in [-0.2, 0) is 16.5 Å². The van der Waals surface area contributed by atoms with Gasteiger partial charge in [0.05, 0.1) is 6.61 Å². The quantitative estimate of drug-likeness (QED) is 0.478. The molecule has 0 bridgehead atoms. The lowest BCUT2D eigenvalue weighted by Gasteiger charge is -2.47. The van der Waals surface area contributed by atoms with Crippen molar-refractivity contribution in [2.45, 2.75) is 32.2 Å². The molecule has 1 N–H and O–H groups in total. The minimum Gasteiger partial charge on any atom is -0.413 e. The Kier molecular flexibility index (Phi) is 8.12. The van der Waals surface area contributed by atoms with Crippen molar-refractivity contribution in [2.75, 3.05) is 18.1 Å². The van der Waals surface area contributed by atoms with E-state index in [1.807, 2.05) is 19.6 Å². The topological polar surface area (TPSA) is 57.2 Å². The van der Waals surface area contributed by atoms with Crippen LogP contribution in [0.25, 0.3) is 0 Å². The lowest BCUT2D eigenvalue weighted by Crippen LogP contribution is -2.66. The van der Waals surface area contributed by atoms with Crippen molar-refractivity contribution in [2.24, 2.45) is 0 Å². The van der Waals surface area contributed by atoms with Crippen LogP contribution >= 0.6 is 11.8 Å². The summed E-state index contributed by atoms with van der Waals surface area (Å²) in [5, 5.41) is 8.95. The first-order valence-electron chi connectivity index (χ1n) is 7.97. The van der Waals surface area contributed by atoms with E-state index in [2.05, 4.69) is 26.3 Å². The van der Waals surface area contributed by atoms with Crippen molar-refractivity contribution >= 4 is 46.0 Å². The first kappa shape index (κ1) is 22.3. The molecule has 0 aromatic carbocycles. The third-order valence-electron chi connectivity index (χ3n) is 3.70. The summed E-state index contributed by atoms with van der Waals surface area (Å²) < 4.78 is 25.8. The minimum atomic E-state index is -2.63. The second kappa shape index (κ2) is 8.75. The smallest absolute Gasteiger partial charge is 0.344 e. The van der Waals surface area contributed by atoms with Crippen LogP contribution in [-0.4, -0.2) is 57.5 Å². The van der Waals surface area contributed by atoms with Crippen LogP contribution in [0.4, 0.5) is 0 Å². The van der Waals surface area contributed by atoms with Gasteiger partial charge < -0.3 is 21.6 Å². The Morgan fingerprint density at radius 3 is 1.58 bits per heavy atom. The van der Waals surface area contributed by atoms with Crippen molar-refractivity contribution < 1.29 is 21.6 Å². The molecule has 0 aliphatic carbocycles. The Morgan fingerprint density at radius 2 is 1.21 bits per heavy atom. The SMILES string of the molecule is C=C[Si]1(C)O[Si](C)(C=C)O[Si](C)(CCSCCO)O[Si](C)(C=C)O1. The Hall–Kier alpha value is 0.238. The summed E-state index contributed by atoms with van der Waals surface area (Å²) in [5.74, 6) is 1.58. The van der Waals surface area contributed by atoms with Crippen LogP contribution in [0.15, 0.2) is 36.8 Å². The maximum absolute atomic E-state index is 8.95. The van der Waals surface area contributed by atoms with E-state index in [1.54, 1.807) is 28.9 Å². The summed E-state index contributed by atoms with van der Waals surface area (Å²) in [7, 11) is -10.4. The molecule has 138 valence electrons. The second-order valence-electron chi connectivity index (χ2n) is 6.29. The summed E-state index contributed by atoms with van der Waals surface area (Å²) in [5.41, 5.74) is 5.35. The highest BCUT2D eigenvalue weighted by atomic mass is 32.2. The summed E-state index contributed by atoms with van der Waals surface area (Å²) in [4.78, 5) is 0. The fourth-order valence-electron chi connectivity index (χ4n) is 2.52. The predicted molar refractivity (Wildman–Crippen MR) is 111 cm³/mol. The van der Waals surface area contributed by atoms with E-state index in [-0.39, 0.29) is 6.61 Å². The maximum Gasteiger partial charge on any atom is 0.344 e. The van der Waals surface area contributed by atoms with Gasteiger partial charge in [-0.05, 0) is 38.0 Å². The van der Waals surface area contributed by atoms with Crippen LogP contribution in [0.1, 0.15) is 0 Å². The van der Waals surface area contributed by atoms with Crippen LogP contribution in [0.5, 0.6) is 0 Å². The highest BCUT2D eigenvalue weighted by Crippen LogP contribution is 2.34. The Balaban J connectivity index is 3.10. The Bertz CT molecular complexity index is 454. The number of thioether (sulfide) groups is 1. The second-order valence-corrected chi connectivity index (χ2v) is 20.9. The number of hydrogen-bond donors (Lipinski definition) is 1. The maximum atomic E-state index is 8.95. The molecule has 2 unspecified atom stereocenters. The van der Waals surface area contributed by atoms with Crippen LogP contribution in [0.2, 0.25) is 32.2 Å². The molecule has 1 saturated heterocycles. The van der Waals surface area contributed by atoms with Crippen molar-refractivity contribution in [1.82, 2.24) is 0 Å². The van der Waals surface area contributed by atoms with E-state index in [0.29, 0.717) is 5.75 Å². The van der Waals surface area contributed by atoms with Gasteiger partial charge >= 0.3 is 34.2 Å². The third kappa shape index (κ3) is 6.19. The molecule has 5 nitrogen and oxygen atoms in total. The summed E-state index contributed by atoms with van der Waals surface area (Å²) in [6, 6.07) is 0.795. The molecule has 1 aliphatic heterocycles. The highest BCUT2D eigenvalue weighted by Gasteiger charge is 2.54. The van der Waals surface area contributed by atoms with Crippen LogP contribution in [0.3, 0.4) is 0 Å². The van der Waals surface area contributed by atoms with Crippen LogP contribution in [0, 0.1) is 0 Å². The average molecular weight is 423 g/mol. The van der Waals surface area contributed by atoms with Crippen LogP contribution < -0.4 is 0 Å². The lowest BCUT2D eigenvalue weighted by molar-refractivity contribution is 0.244. The molecule has 0 radical (unpaired) electrons. The molecular weight excluding hydrogens is 393 g/mol. The molecule has 24 heavy (non-hydrogen) atoms. The van der Waals surface area contributed by atoms with Crippen molar-refractivity contribution in [3.05, 3.63) is 36.8 Å². The van der Waals surface area contributed by atoms with Crippen molar-refractivity contribution in [1.29, 1.82) is 0 Å². The summed E-state index contributed by atoms with van der Waals surface area (Å²) >= 11 is 1.69. The van der Waals surface area contributed by atoms with Gasteiger partial charge in [0.1, 0.15) is 0 Å². The molecule has 0 spiro atoms. The molecule has 0 saturated carbocycles. The fourth-order valence-corrected chi connectivity index (χ4v) is 23.2. The molecule has 2 atom stereocenters. The van der Waals surface area contributed by atoms with Crippen molar-refractivity contribution in [3.63, 3.8) is 0 Å². The number of aliphatic hydroxyl groups is 1. The van der Waals surface area contributed by atoms with Gasteiger partial charge in [0, 0.05) is 5.75 Å². The van der Waals surface area contributed by atoms with E-state index in [9.17, 15) is 0 Å². The first-order valence-corrected chi connectivity index (χ1v) is 18.8. The van der Waals surface area contributed by atoms with Gasteiger partial charge in [-0.25, -0.2) is 0 Å². The molecule has 0 amide bonds. The monoisotopic (exact) mass is 422 g/mol. The van der Waals surface area contributed by atoms with Gasteiger partial charge in [-0.2, -0.15) is 11.8 Å². The predicted octanol–water partition coefficient (Wildman–Crippen LogP) is 3.26. The third-order valence-corrected chi connectivity index (χ3v) is 21.6. The van der Waals surface area contributed by atoms with E-state index >= 15 is 0 Å². The zero-order chi connectivity index (χ0) is 18.5. The van der Waals surface area contributed by atoms with E-state index in [1.165, 1.54) is 0 Å². The Morgan fingerprint density at radius 1 is 0.792 bits per heavy atom. The van der Waals surface area contributed by atoms with Gasteiger partial charge in [0.15, 0.2) is 0 Å². The number of hydrogen-bond acceptors (Lipinski definition) is 6. The van der Waals surface area contributed by atoms with Gasteiger partial charge in [-0.3, -0.25) is 0 Å². The molecule has 1 aliphatic rings. The van der Waals surface area contributed by atoms with E-state index in [4.69, 9.17) is 21.6 Å². The summed E-state index contributed by atoms with van der Waals surface area (Å²) in [6.45, 7) is 19.9. The minimum absolute atomic E-state index is 0.179. The van der Waals surface area contributed by atoms with Gasteiger partial charge in [0.2, 0.25) is 0 Å². The normalized spacial score (nSPS) is 40.4. The van der Waals surface area contributed by atoms with Crippen molar-refractivity contribution in [3.8, 4) is 0 Å². The van der Waals surface area contributed by atoms with Gasteiger partial charge in [-0.1, -0.05) is 17.1 Å². The summed E-state index contributed by atoms with van der Waals surface area (Å²) in [6.07, 6.45) is 0. The average Bonchev–Trinajstić information content (AvgIpc) is 2.50. The molecule has 1 heterocycles. The zero-order valence-electron chi connectivity index (χ0n) is 15.2. The number of aliphatic hydroxyl groups excluding tert-OH is 1.